The average Bonchev–Trinajstić information content (AvgIpc) is 3.65. The highest BCUT2D eigenvalue weighted by Gasteiger charge is 2.50. The Labute approximate surface area is 330 Å². The van der Waals surface area contributed by atoms with Gasteiger partial charge in [-0.3, -0.25) is 37.3 Å². The summed E-state index contributed by atoms with van der Waals surface area (Å²) in [5.74, 6) is -2.86. The number of hydrogen-bond acceptors (Lipinski definition) is 19. The number of nitrogens with two attached hydrogens (primary N) is 1. The number of aliphatic hydroxyl groups is 2. The fourth-order valence-corrected chi connectivity index (χ4v) is 9.19. The molecule has 3 unspecified atom stereocenters. The zero-order chi connectivity index (χ0) is 43.9. The van der Waals surface area contributed by atoms with Crippen LogP contribution in [0.5, 0.6) is 0 Å². The van der Waals surface area contributed by atoms with E-state index in [0.29, 0.717) is 0 Å². The Hall–Kier alpha value is -3.01. The quantitative estimate of drug-likeness (QED) is 0.0601. The number of anilines is 1. The van der Waals surface area contributed by atoms with Gasteiger partial charge in [-0.1, -0.05) is 24.2 Å². The molecule has 0 bridgehead atoms. The number of aliphatic hydroxyl groups excluding tert-OH is 2. The molecule has 1 aliphatic rings. The number of imidazole rings is 1. The van der Waals surface area contributed by atoms with Gasteiger partial charge < -0.3 is 60.6 Å². The van der Waals surface area contributed by atoms with E-state index in [0.717, 1.165) is 17.2 Å². The van der Waals surface area contributed by atoms with E-state index in [2.05, 4.69) is 34.4 Å². The molecule has 12 N–H and O–H groups in total. The van der Waals surface area contributed by atoms with Crippen molar-refractivity contribution < 1.29 is 94.9 Å². The molecular weight excluding hydrogens is 867 g/mol. The molecule has 8 atom stereocenters. The standard InChI is InChI=1S/C27H46N7O20P3S/c1-27(2,22(40)25(41)30-8-7-16(35)29-9-10-58(3,49)18(38)6-4-5-17(36)37)12-51-57(47,48)54-56(45,46)50-11-15-21(53-55(42,43)44)20(39)26(52-15)34-14-33-19-23(28)31-13-32-24(19)34/h13-15,20-22,26,39-40,49H,4-12H2,1-3H3,(H,29,35)(H,30,41)(H,36,37)(H,45,46)(H,47,48)(H2,28,31,32)(H2,42,43,44)/t15-,20-,21-,22+,26-/m1/s1. The lowest BCUT2D eigenvalue weighted by molar-refractivity contribution is -0.138. The maximum atomic E-state index is 12.7. The van der Waals surface area contributed by atoms with Crippen LogP contribution in [-0.2, 0) is 55.5 Å². The van der Waals surface area contributed by atoms with Gasteiger partial charge >= 0.3 is 29.4 Å². The number of hydrogen-bond donors (Lipinski definition) is 11. The van der Waals surface area contributed by atoms with E-state index in [4.69, 9.17) is 24.6 Å². The molecule has 27 nitrogen and oxygen atoms in total. The summed E-state index contributed by atoms with van der Waals surface area (Å²) >= 11 is 0. The van der Waals surface area contributed by atoms with Crippen LogP contribution < -0.4 is 16.4 Å². The minimum absolute atomic E-state index is 0.0144. The second-order valence-electron chi connectivity index (χ2n) is 13.4. The molecule has 330 valence electrons. The molecule has 1 saturated heterocycles. The third kappa shape index (κ3) is 14.6. The highest BCUT2D eigenvalue weighted by atomic mass is 32.3. The lowest BCUT2D eigenvalue weighted by Gasteiger charge is -2.30. The molecule has 3 heterocycles. The van der Waals surface area contributed by atoms with Crippen molar-refractivity contribution in [1.82, 2.24) is 30.2 Å². The Morgan fingerprint density at radius 2 is 1.67 bits per heavy atom. The smallest absolute Gasteiger partial charge is 0.481 e. The molecule has 1 aliphatic heterocycles. The first-order chi connectivity index (χ1) is 26.6. The predicted molar refractivity (Wildman–Crippen MR) is 197 cm³/mol. The largest absolute Gasteiger partial charge is 0.481 e. The molecule has 2 aromatic heterocycles. The van der Waals surface area contributed by atoms with Crippen molar-refractivity contribution in [3.8, 4) is 0 Å². The minimum Gasteiger partial charge on any atom is -0.481 e. The number of fused-ring (bicyclic) bond motifs is 1. The van der Waals surface area contributed by atoms with Crippen molar-refractivity contribution in [2.45, 2.75) is 70.2 Å². The molecule has 2 aromatic rings. The molecule has 0 aromatic carbocycles. The Kier molecular flexibility index (Phi) is 17.0. The number of rotatable bonds is 23. The van der Waals surface area contributed by atoms with Crippen LogP contribution in [0, 0.1) is 5.41 Å². The Morgan fingerprint density at radius 1 is 1.02 bits per heavy atom. The number of amides is 2. The summed E-state index contributed by atoms with van der Waals surface area (Å²) < 4.78 is 72.4. The number of carboxylic acid groups (broad SMARTS) is 1. The summed E-state index contributed by atoms with van der Waals surface area (Å²) in [6.45, 7) is -0.0662. The number of carbonyl (C=O) groups excluding carboxylic acids is 3. The van der Waals surface area contributed by atoms with Crippen molar-refractivity contribution in [3.05, 3.63) is 12.7 Å². The maximum absolute atomic E-state index is 12.7. The summed E-state index contributed by atoms with van der Waals surface area (Å²) in [5.41, 5.74) is 4.17. The molecule has 0 spiro atoms. The van der Waals surface area contributed by atoms with Gasteiger partial charge in [0.1, 0.15) is 36.3 Å². The topological polar surface area (TPSA) is 421 Å². The first kappa shape index (κ1) is 49.4. The van der Waals surface area contributed by atoms with E-state index in [1.165, 1.54) is 20.1 Å². The van der Waals surface area contributed by atoms with Gasteiger partial charge in [0.15, 0.2) is 22.8 Å². The zero-order valence-corrected chi connectivity index (χ0v) is 34.5. The average molecular weight is 914 g/mol. The van der Waals surface area contributed by atoms with Crippen LogP contribution in [0.15, 0.2) is 12.7 Å². The summed E-state index contributed by atoms with van der Waals surface area (Å²) in [5, 5.41) is 34.3. The van der Waals surface area contributed by atoms with Crippen LogP contribution in [0.2, 0.25) is 0 Å². The van der Waals surface area contributed by atoms with Crippen LogP contribution >= 0.6 is 33.8 Å². The van der Waals surface area contributed by atoms with Gasteiger partial charge in [0, 0.05) is 43.5 Å². The second kappa shape index (κ2) is 20.0. The summed E-state index contributed by atoms with van der Waals surface area (Å²) in [4.78, 5) is 98.4. The fraction of sp³-hybridized carbons (Fsp3) is 0.667. The summed E-state index contributed by atoms with van der Waals surface area (Å²) in [7, 11) is -19.3. The summed E-state index contributed by atoms with van der Waals surface area (Å²) in [6, 6.07) is 0. The van der Waals surface area contributed by atoms with Crippen molar-refractivity contribution in [2.24, 2.45) is 5.41 Å². The SMILES string of the molecule is CC(C)(COP(=O)(O)OP(=O)(O)OC[C@H]1O[C@@H](n2cnc3c(N)ncnc32)[C@H](O)[C@@H]1OP(=O)(O)O)[C@@H](O)C(=O)NCCC(=O)NCCS(C)(O)C(=O)CCCC(=O)O. The van der Waals surface area contributed by atoms with Gasteiger partial charge in [0.25, 0.3) is 0 Å². The number of aromatic nitrogens is 4. The zero-order valence-electron chi connectivity index (χ0n) is 31.0. The fourth-order valence-electron chi connectivity index (χ4n) is 5.05. The molecule has 0 aliphatic carbocycles. The third-order valence-corrected chi connectivity index (χ3v) is 13.4. The van der Waals surface area contributed by atoms with Gasteiger partial charge in [-0.2, -0.15) is 4.31 Å². The summed E-state index contributed by atoms with van der Waals surface area (Å²) in [6.07, 6.45) is -6.22. The van der Waals surface area contributed by atoms with Gasteiger partial charge in [0.05, 0.1) is 19.5 Å². The van der Waals surface area contributed by atoms with Crippen molar-refractivity contribution >= 4 is 73.7 Å². The van der Waals surface area contributed by atoms with Gasteiger partial charge in [0.2, 0.25) is 11.8 Å². The molecule has 0 saturated carbocycles. The van der Waals surface area contributed by atoms with Crippen LogP contribution in [0.1, 0.15) is 45.8 Å². The first-order valence-corrected chi connectivity index (χ1v) is 23.5. The normalized spacial score (nSPS) is 22.9. The lowest BCUT2D eigenvalue weighted by atomic mass is 9.87. The number of phosphoric ester groups is 3. The van der Waals surface area contributed by atoms with Crippen LogP contribution in [0.25, 0.3) is 11.2 Å². The molecule has 3 rings (SSSR count). The highest BCUT2D eigenvalue weighted by Crippen LogP contribution is 2.61. The minimum atomic E-state index is -5.60. The second-order valence-corrected chi connectivity index (χ2v) is 20.6. The predicted octanol–water partition coefficient (Wildman–Crippen LogP) is -0.906. The molecule has 31 heteroatoms. The number of carbonyl (C=O) groups is 4. The maximum Gasteiger partial charge on any atom is 0.481 e. The number of ether oxygens (including phenoxy) is 1. The van der Waals surface area contributed by atoms with E-state index >= 15 is 0 Å². The molecule has 2 amide bonds. The van der Waals surface area contributed by atoms with E-state index in [-0.39, 0.29) is 61.5 Å². The number of carboxylic acids is 1. The highest BCUT2D eigenvalue weighted by molar-refractivity contribution is 8.40. The van der Waals surface area contributed by atoms with Gasteiger partial charge in [-0.05, 0) is 12.7 Å². The number of nitrogens with zero attached hydrogens (tertiary/aromatic N) is 4. The van der Waals surface area contributed by atoms with E-state index in [1.807, 2.05) is 0 Å². The van der Waals surface area contributed by atoms with E-state index in [9.17, 15) is 67.2 Å². The third-order valence-electron chi connectivity index (χ3n) is 8.16. The van der Waals surface area contributed by atoms with Crippen LogP contribution in [0.3, 0.4) is 0 Å². The van der Waals surface area contributed by atoms with Crippen LogP contribution in [-0.4, -0.2) is 145 Å². The van der Waals surface area contributed by atoms with E-state index in [1.54, 1.807) is 0 Å². The van der Waals surface area contributed by atoms with Gasteiger partial charge in [-0.15, -0.1) is 0 Å². The van der Waals surface area contributed by atoms with E-state index < -0.39 is 106 Å². The number of nitrogens with one attached hydrogen (secondary N) is 2. The van der Waals surface area contributed by atoms with Crippen LogP contribution in [0.4, 0.5) is 5.82 Å². The molecule has 58 heavy (non-hydrogen) atoms. The van der Waals surface area contributed by atoms with Gasteiger partial charge in [-0.25, -0.2) is 28.6 Å². The Morgan fingerprint density at radius 3 is 2.31 bits per heavy atom. The number of nitrogen functional groups attached to an aromatic ring is 1. The molecule has 0 radical (unpaired) electrons. The Balaban J connectivity index is 1.49. The molecule has 1 fully saturated rings. The number of phosphoric acid groups is 3. The van der Waals surface area contributed by atoms with Crippen molar-refractivity contribution in [2.75, 3.05) is 44.0 Å². The monoisotopic (exact) mass is 913 g/mol. The molecular formula is C27H46N7O20P3S. The number of aliphatic carboxylic acids is 1. The van der Waals surface area contributed by atoms with Crippen molar-refractivity contribution in [1.29, 1.82) is 0 Å². The lowest BCUT2D eigenvalue weighted by Crippen LogP contribution is -2.46. The Bertz CT molecular complexity index is 1950. The first-order valence-electron chi connectivity index (χ1n) is 16.8. The van der Waals surface area contributed by atoms with Crippen molar-refractivity contribution in [3.63, 3.8) is 0 Å².